The number of halogens is 1. The molecule has 2 aromatic rings. The summed E-state index contributed by atoms with van der Waals surface area (Å²) in [6, 6.07) is 13.1. The molecule has 0 fully saturated rings. The molecule has 0 aliphatic heterocycles. The Hall–Kier alpha value is -1.36. The lowest BCUT2D eigenvalue weighted by molar-refractivity contribution is 0.483. The molecule has 17 heavy (non-hydrogen) atoms. The molecule has 0 bridgehead atoms. The highest BCUT2D eigenvalue weighted by atomic mass is 35.5. The van der Waals surface area contributed by atoms with Crippen LogP contribution in [0.4, 0.5) is 0 Å². The van der Waals surface area contributed by atoms with Crippen molar-refractivity contribution in [3.05, 3.63) is 53.6 Å². The highest BCUT2D eigenvalue weighted by Gasteiger charge is 2.11. The van der Waals surface area contributed by atoms with Gasteiger partial charge in [-0.1, -0.05) is 41.9 Å². The van der Waals surface area contributed by atoms with Gasteiger partial charge in [-0.05, 0) is 23.8 Å². The van der Waals surface area contributed by atoms with Crippen molar-refractivity contribution in [3.8, 4) is 11.1 Å². The fraction of sp³-hybridized carbons (Fsp3) is 0. The largest absolute Gasteiger partial charge is 0.294 e. The van der Waals surface area contributed by atoms with Crippen molar-refractivity contribution in [2.75, 3.05) is 0 Å². The first kappa shape index (κ1) is 12.1. The van der Waals surface area contributed by atoms with Crippen LogP contribution in [0.15, 0.2) is 53.4 Å². The predicted molar refractivity (Wildman–Crippen MR) is 66.7 cm³/mol. The third-order valence-electron chi connectivity index (χ3n) is 2.32. The Morgan fingerprint density at radius 1 is 1.00 bits per heavy atom. The lowest BCUT2D eigenvalue weighted by Gasteiger charge is -2.05. The van der Waals surface area contributed by atoms with Crippen LogP contribution >= 0.6 is 11.6 Å². The fourth-order valence-corrected chi connectivity index (χ4v) is 2.29. The van der Waals surface area contributed by atoms with Crippen molar-refractivity contribution in [1.29, 1.82) is 0 Å². The summed E-state index contributed by atoms with van der Waals surface area (Å²) in [7, 11) is -4.19. The van der Waals surface area contributed by atoms with E-state index in [1.807, 2.05) is 0 Å². The Balaban J connectivity index is 2.59. The molecule has 2 aromatic carbocycles. The van der Waals surface area contributed by atoms with E-state index < -0.39 is 10.1 Å². The average Bonchev–Trinajstić information content (AvgIpc) is 2.29. The molecular weight excluding hydrogens is 260 g/mol. The van der Waals surface area contributed by atoms with Crippen molar-refractivity contribution in [3.63, 3.8) is 0 Å². The van der Waals surface area contributed by atoms with E-state index in [-0.39, 0.29) is 4.90 Å². The van der Waals surface area contributed by atoms with Gasteiger partial charge in [0.2, 0.25) is 0 Å². The van der Waals surface area contributed by atoms with Crippen LogP contribution in [0.5, 0.6) is 0 Å². The van der Waals surface area contributed by atoms with Gasteiger partial charge in [0.1, 0.15) is 0 Å². The molecule has 0 amide bonds. The van der Waals surface area contributed by atoms with Crippen LogP contribution in [-0.4, -0.2) is 13.0 Å². The smallest absolute Gasteiger partial charge is 0.282 e. The zero-order chi connectivity index (χ0) is 12.5. The third kappa shape index (κ3) is 2.66. The van der Waals surface area contributed by atoms with Crippen molar-refractivity contribution in [1.82, 2.24) is 0 Å². The summed E-state index contributed by atoms with van der Waals surface area (Å²) in [6.45, 7) is 0. The van der Waals surface area contributed by atoms with Gasteiger partial charge < -0.3 is 0 Å². The van der Waals surface area contributed by atoms with Crippen LogP contribution in [0.3, 0.4) is 0 Å². The standard InChI is InChI=1S/C12H9ClO3S/c13-12-7-2-1-6-11(12)9-4-3-5-10(8-9)17(14,15)16/h1-8H,(H,14,15,16). The van der Waals surface area contributed by atoms with Crippen molar-refractivity contribution < 1.29 is 13.0 Å². The lowest BCUT2D eigenvalue weighted by atomic mass is 10.1. The summed E-state index contributed by atoms with van der Waals surface area (Å²) >= 11 is 6.01. The molecule has 0 heterocycles. The van der Waals surface area contributed by atoms with Gasteiger partial charge in [0, 0.05) is 10.6 Å². The van der Waals surface area contributed by atoms with E-state index in [1.165, 1.54) is 12.1 Å². The van der Waals surface area contributed by atoms with Gasteiger partial charge in [0.25, 0.3) is 10.1 Å². The van der Waals surface area contributed by atoms with E-state index in [4.69, 9.17) is 16.2 Å². The fourth-order valence-electron chi connectivity index (χ4n) is 1.52. The molecule has 0 aliphatic carbocycles. The SMILES string of the molecule is O=S(=O)(O)c1cccc(-c2ccccc2Cl)c1. The molecule has 1 N–H and O–H groups in total. The van der Waals surface area contributed by atoms with Crippen LogP contribution in [0, 0.1) is 0 Å². The Morgan fingerprint density at radius 3 is 2.35 bits per heavy atom. The second-order valence-corrected chi connectivity index (χ2v) is 5.31. The molecule has 0 aliphatic rings. The molecule has 5 heteroatoms. The quantitative estimate of drug-likeness (QED) is 0.851. The van der Waals surface area contributed by atoms with E-state index in [2.05, 4.69) is 0 Å². The first-order valence-electron chi connectivity index (χ1n) is 4.81. The van der Waals surface area contributed by atoms with Gasteiger partial charge in [-0.25, -0.2) is 0 Å². The van der Waals surface area contributed by atoms with E-state index >= 15 is 0 Å². The maximum absolute atomic E-state index is 11.0. The maximum Gasteiger partial charge on any atom is 0.294 e. The van der Waals surface area contributed by atoms with Crippen LogP contribution in [-0.2, 0) is 10.1 Å². The lowest BCUT2D eigenvalue weighted by Crippen LogP contribution is -1.97. The highest BCUT2D eigenvalue weighted by Crippen LogP contribution is 2.28. The van der Waals surface area contributed by atoms with E-state index in [1.54, 1.807) is 36.4 Å². The monoisotopic (exact) mass is 268 g/mol. The number of hydrogen-bond acceptors (Lipinski definition) is 2. The van der Waals surface area contributed by atoms with Crippen LogP contribution in [0.25, 0.3) is 11.1 Å². The molecular formula is C12H9ClO3S. The van der Waals surface area contributed by atoms with E-state index in [0.29, 0.717) is 10.6 Å². The van der Waals surface area contributed by atoms with Gasteiger partial charge in [0.05, 0.1) is 4.90 Å². The second-order valence-electron chi connectivity index (χ2n) is 3.48. The molecule has 88 valence electrons. The van der Waals surface area contributed by atoms with Crippen molar-refractivity contribution in [2.45, 2.75) is 4.90 Å². The maximum atomic E-state index is 11.0. The molecule has 0 unspecified atom stereocenters. The van der Waals surface area contributed by atoms with Gasteiger partial charge in [-0.15, -0.1) is 0 Å². The normalized spacial score (nSPS) is 11.4. The summed E-state index contributed by atoms with van der Waals surface area (Å²) in [4.78, 5) is -0.144. The Kier molecular flexibility index (Phi) is 3.19. The van der Waals surface area contributed by atoms with Crippen LogP contribution in [0.1, 0.15) is 0 Å². The first-order chi connectivity index (χ1) is 7.98. The summed E-state index contributed by atoms with van der Waals surface area (Å²) < 4.78 is 31.0. The molecule has 0 aromatic heterocycles. The van der Waals surface area contributed by atoms with Gasteiger partial charge in [0.15, 0.2) is 0 Å². The number of rotatable bonds is 2. The van der Waals surface area contributed by atoms with E-state index in [0.717, 1.165) is 5.56 Å². The third-order valence-corrected chi connectivity index (χ3v) is 3.50. The van der Waals surface area contributed by atoms with Gasteiger partial charge in [-0.2, -0.15) is 8.42 Å². The Labute approximate surface area is 104 Å². The summed E-state index contributed by atoms with van der Waals surface area (Å²) in [6.07, 6.45) is 0. The van der Waals surface area contributed by atoms with Gasteiger partial charge in [-0.3, -0.25) is 4.55 Å². The molecule has 0 atom stereocenters. The zero-order valence-electron chi connectivity index (χ0n) is 8.67. The molecule has 0 saturated carbocycles. The summed E-state index contributed by atoms with van der Waals surface area (Å²) in [5.74, 6) is 0. The Bertz CT molecular complexity index is 650. The topological polar surface area (TPSA) is 54.4 Å². The minimum atomic E-state index is -4.19. The van der Waals surface area contributed by atoms with Crippen LogP contribution in [0.2, 0.25) is 5.02 Å². The second kappa shape index (κ2) is 4.49. The molecule has 2 rings (SSSR count). The summed E-state index contributed by atoms with van der Waals surface area (Å²) in [5.41, 5.74) is 1.37. The van der Waals surface area contributed by atoms with Crippen molar-refractivity contribution in [2.24, 2.45) is 0 Å². The van der Waals surface area contributed by atoms with Gasteiger partial charge >= 0.3 is 0 Å². The highest BCUT2D eigenvalue weighted by molar-refractivity contribution is 7.85. The number of hydrogen-bond donors (Lipinski definition) is 1. The molecule has 0 radical (unpaired) electrons. The van der Waals surface area contributed by atoms with Crippen LogP contribution < -0.4 is 0 Å². The Morgan fingerprint density at radius 2 is 1.71 bits per heavy atom. The molecule has 3 nitrogen and oxygen atoms in total. The predicted octanol–water partition coefficient (Wildman–Crippen LogP) is 3.25. The number of benzene rings is 2. The molecule has 0 spiro atoms. The minimum absolute atomic E-state index is 0.144. The first-order valence-corrected chi connectivity index (χ1v) is 6.63. The average molecular weight is 269 g/mol. The molecule has 0 saturated heterocycles. The van der Waals surface area contributed by atoms with E-state index in [9.17, 15) is 8.42 Å². The minimum Gasteiger partial charge on any atom is -0.282 e. The summed E-state index contributed by atoms with van der Waals surface area (Å²) in [5, 5.41) is 0.528. The van der Waals surface area contributed by atoms with Crippen molar-refractivity contribution >= 4 is 21.7 Å². The zero-order valence-corrected chi connectivity index (χ0v) is 10.2.